The van der Waals surface area contributed by atoms with Crippen LogP contribution >= 0.6 is 0 Å². The summed E-state index contributed by atoms with van der Waals surface area (Å²) in [6.07, 6.45) is 3.33. The van der Waals surface area contributed by atoms with Gasteiger partial charge in [-0.25, -0.2) is 4.79 Å². The van der Waals surface area contributed by atoms with Gasteiger partial charge in [-0.1, -0.05) is 60.7 Å². The number of allylic oxidation sites excluding steroid dienone is 1. The topological polar surface area (TPSA) is 66.8 Å². The van der Waals surface area contributed by atoms with Crippen LogP contribution in [0.3, 0.4) is 0 Å². The van der Waals surface area contributed by atoms with Crippen molar-refractivity contribution in [3.63, 3.8) is 0 Å². The minimum atomic E-state index is -0.748. The van der Waals surface area contributed by atoms with Crippen LogP contribution in [0.5, 0.6) is 0 Å². The summed E-state index contributed by atoms with van der Waals surface area (Å²) < 4.78 is 4.97. The van der Waals surface area contributed by atoms with Gasteiger partial charge in [0.2, 0.25) is 0 Å². The molecule has 5 heteroatoms. The lowest BCUT2D eigenvalue weighted by Gasteiger charge is -2.18. The molecule has 0 unspecified atom stereocenters. The zero-order valence-electron chi connectivity index (χ0n) is 17.0. The van der Waals surface area contributed by atoms with Crippen molar-refractivity contribution < 1.29 is 19.4 Å². The number of aliphatic hydroxyl groups excluding tert-OH is 1. The van der Waals surface area contributed by atoms with Crippen LogP contribution in [0.4, 0.5) is 0 Å². The highest BCUT2D eigenvalue weighted by Crippen LogP contribution is 2.33. The molecule has 4 rings (SSSR count). The Morgan fingerprint density at radius 1 is 1.17 bits per heavy atom. The van der Waals surface area contributed by atoms with Crippen LogP contribution in [0.15, 0.2) is 77.5 Å². The van der Waals surface area contributed by atoms with Crippen molar-refractivity contribution in [2.75, 3.05) is 7.11 Å². The minimum absolute atomic E-state index is 0.241. The third kappa shape index (κ3) is 3.48. The molecule has 0 radical (unpaired) electrons. The molecule has 1 aliphatic heterocycles. The molecule has 0 saturated heterocycles. The summed E-state index contributed by atoms with van der Waals surface area (Å²) in [7, 11) is 1.30. The predicted octanol–water partition coefficient (Wildman–Crippen LogP) is 1.80. The van der Waals surface area contributed by atoms with E-state index in [1.807, 2.05) is 60.7 Å². The Labute approximate surface area is 174 Å². The summed E-state index contributed by atoms with van der Waals surface area (Å²) in [6, 6.07) is 17.3. The molecule has 2 aliphatic rings. The van der Waals surface area contributed by atoms with Gasteiger partial charge in [0, 0.05) is 5.70 Å². The lowest BCUT2D eigenvalue weighted by molar-refractivity contribution is -0.136. The van der Waals surface area contributed by atoms with E-state index in [4.69, 9.17) is 4.74 Å². The fraction of sp³-hybridized carbons (Fsp3) is 0.200. The molecule has 152 valence electrons. The average molecular weight is 401 g/mol. The lowest BCUT2D eigenvalue weighted by atomic mass is 9.93. The number of hydrogen-bond acceptors (Lipinski definition) is 4. The minimum Gasteiger partial charge on any atom is -0.465 e. The first-order valence-corrected chi connectivity index (χ1v) is 9.86. The van der Waals surface area contributed by atoms with Crippen molar-refractivity contribution >= 4 is 23.5 Å². The molecule has 1 N–H and O–H groups in total. The van der Waals surface area contributed by atoms with E-state index in [1.165, 1.54) is 7.11 Å². The first-order valence-electron chi connectivity index (χ1n) is 9.86. The smallest absolute Gasteiger partial charge is 0.340 e. The summed E-state index contributed by atoms with van der Waals surface area (Å²) in [4.78, 5) is 27.5. The maximum Gasteiger partial charge on any atom is 0.340 e. The van der Waals surface area contributed by atoms with Gasteiger partial charge in [-0.2, -0.15) is 0 Å². The number of amides is 1. The Morgan fingerprint density at radius 3 is 2.60 bits per heavy atom. The molecule has 0 spiro atoms. The number of fused-ring (bicyclic) bond motifs is 1. The number of rotatable bonds is 4. The maximum atomic E-state index is 13.3. The second kappa shape index (κ2) is 8.13. The molecule has 2 aromatic carbocycles. The number of nitrogens with zero attached hydrogens (tertiary/aromatic N) is 1. The van der Waals surface area contributed by atoms with Crippen LogP contribution in [0.1, 0.15) is 18.9 Å². The molecule has 30 heavy (non-hydrogen) atoms. The molecule has 2 aromatic rings. The van der Waals surface area contributed by atoms with Gasteiger partial charge < -0.3 is 14.7 Å². The standard InChI is InChI=1S/C25H23NO4/c1-16-23(25(29)30-2)21(24(28)26(16)15-17-8-4-3-5-9-17)14-20-19-11-7-6-10-18(19)12-13-22(20)27/h3-12,14,22,27H,13,15H2,1-2H3/t22-/m0/s1. The van der Waals surface area contributed by atoms with E-state index in [0.29, 0.717) is 24.2 Å². The molecule has 0 fully saturated rings. The SMILES string of the molecule is COC(=O)C1=C(C)N(Cc2ccccc2)C(=O)C1=CC1=c2ccccc2=CC[C@@H]1O. The van der Waals surface area contributed by atoms with Crippen LogP contribution in [0.25, 0.3) is 11.6 Å². The highest BCUT2D eigenvalue weighted by molar-refractivity contribution is 6.14. The average Bonchev–Trinajstić information content (AvgIpc) is 3.00. The first kappa shape index (κ1) is 19.9. The van der Waals surface area contributed by atoms with Crippen molar-refractivity contribution in [3.05, 3.63) is 93.5 Å². The van der Waals surface area contributed by atoms with Gasteiger partial charge in [0.05, 0.1) is 30.9 Å². The summed E-state index contributed by atoms with van der Waals surface area (Å²) in [6.45, 7) is 2.10. The Kier molecular flexibility index (Phi) is 5.38. The number of esters is 1. The zero-order chi connectivity index (χ0) is 21.3. The molecule has 0 saturated carbocycles. The molecule has 1 amide bonds. The monoisotopic (exact) mass is 401 g/mol. The van der Waals surface area contributed by atoms with Crippen LogP contribution < -0.4 is 10.4 Å². The largest absolute Gasteiger partial charge is 0.465 e. The fourth-order valence-corrected chi connectivity index (χ4v) is 4.00. The molecular formula is C25H23NO4. The Morgan fingerprint density at radius 2 is 1.87 bits per heavy atom. The van der Waals surface area contributed by atoms with Crippen LogP contribution in [-0.4, -0.2) is 35.1 Å². The van der Waals surface area contributed by atoms with Gasteiger partial charge >= 0.3 is 5.97 Å². The van der Waals surface area contributed by atoms with Gasteiger partial charge in [0.25, 0.3) is 5.91 Å². The fourth-order valence-electron chi connectivity index (χ4n) is 4.00. The molecule has 1 heterocycles. The summed E-state index contributed by atoms with van der Waals surface area (Å²) in [5.74, 6) is -0.836. The van der Waals surface area contributed by atoms with Crippen molar-refractivity contribution in [2.45, 2.75) is 26.0 Å². The second-order valence-electron chi connectivity index (χ2n) is 7.39. The van der Waals surface area contributed by atoms with E-state index in [9.17, 15) is 14.7 Å². The molecule has 5 nitrogen and oxygen atoms in total. The highest BCUT2D eigenvalue weighted by Gasteiger charge is 2.37. The third-order valence-electron chi connectivity index (χ3n) is 5.58. The summed E-state index contributed by atoms with van der Waals surface area (Å²) in [5, 5.41) is 12.5. The van der Waals surface area contributed by atoms with E-state index in [1.54, 1.807) is 17.9 Å². The lowest BCUT2D eigenvalue weighted by Crippen LogP contribution is -2.34. The van der Waals surface area contributed by atoms with Gasteiger partial charge in [-0.15, -0.1) is 0 Å². The van der Waals surface area contributed by atoms with Gasteiger partial charge in [0.15, 0.2) is 0 Å². The molecule has 1 atom stereocenters. The number of aliphatic hydroxyl groups is 1. The number of carbonyl (C=O) groups excluding carboxylic acids is 2. The molecular weight excluding hydrogens is 378 g/mol. The zero-order valence-corrected chi connectivity index (χ0v) is 17.0. The van der Waals surface area contributed by atoms with Gasteiger partial charge in [-0.05, 0) is 41.0 Å². The normalized spacial score (nSPS) is 19.8. The van der Waals surface area contributed by atoms with Crippen LogP contribution in [0, 0.1) is 0 Å². The van der Waals surface area contributed by atoms with Gasteiger partial charge in [0.1, 0.15) is 0 Å². The number of ether oxygens (including phenoxy) is 1. The Hall–Kier alpha value is -3.44. The Balaban J connectivity index is 1.85. The number of methoxy groups -OCH3 is 1. The van der Waals surface area contributed by atoms with Crippen molar-refractivity contribution in [1.82, 2.24) is 4.90 Å². The van der Waals surface area contributed by atoms with Crippen LogP contribution in [-0.2, 0) is 20.9 Å². The third-order valence-corrected chi connectivity index (χ3v) is 5.58. The summed E-state index contributed by atoms with van der Waals surface area (Å²) in [5.41, 5.74) is 2.63. The molecule has 0 bridgehead atoms. The van der Waals surface area contributed by atoms with Crippen molar-refractivity contribution in [3.8, 4) is 0 Å². The number of carbonyl (C=O) groups is 2. The van der Waals surface area contributed by atoms with E-state index < -0.39 is 12.1 Å². The van der Waals surface area contributed by atoms with Gasteiger partial charge in [-0.3, -0.25) is 4.79 Å². The molecule has 0 aromatic heterocycles. The predicted molar refractivity (Wildman–Crippen MR) is 114 cm³/mol. The van der Waals surface area contributed by atoms with E-state index >= 15 is 0 Å². The summed E-state index contributed by atoms with van der Waals surface area (Å²) >= 11 is 0. The Bertz CT molecular complexity index is 1190. The number of hydrogen-bond donors (Lipinski definition) is 1. The van der Waals surface area contributed by atoms with Crippen molar-refractivity contribution in [2.24, 2.45) is 0 Å². The number of benzene rings is 2. The van der Waals surface area contributed by atoms with E-state index in [2.05, 4.69) is 0 Å². The van der Waals surface area contributed by atoms with E-state index in [0.717, 1.165) is 16.0 Å². The maximum absolute atomic E-state index is 13.3. The van der Waals surface area contributed by atoms with E-state index in [-0.39, 0.29) is 17.1 Å². The quantitative estimate of drug-likeness (QED) is 0.627. The molecule has 1 aliphatic carbocycles. The van der Waals surface area contributed by atoms with Crippen LogP contribution in [0.2, 0.25) is 0 Å². The first-order chi connectivity index (χ1) is 14.5. The van der Waals surface area contributed by atoms with Crippen molar-refractivity contribution in [1.29, 1.82) is 0 Å². The second-order valence-corrected chi connectivity index (χ2v) is 7.39. The highest BCUT2D eigenvalue weighted by atomic mass is 16.5.